The molecule has 8 heteroatoms. The number of amides is 1. The third kappa shape index (κ3) is 3.23. The van der Waals surface area contributed by atoms with Crippen molar-refractivity contribution in [2.24, 2.45) is 5.73 Å². The topological polar surface area (TPSA) is 110 Å². The highest BCUT2D eigenvalue weighted by Crippen LogP contribution is 2.20. The van der Waals surface area contributed by atoms with E-state index in [0.717, 1.165) is 6.07 Å². The number of rotatable bonds is 5. The summed E-state index contributed by atoms with van der Waals surface area (Å²) in [6, 6.07) is 3.52. The number of aromatic carboxylic acids is 1. The Morgan fingerprint density at radius 2 is 2.19 bits per heavy atom. The van der Waals surface area contributed by atoms with E-state index in [0.29, 0.717) is 13.1 Å². The SMILES string of the molecule is NCCn1cnc(C(=O)Nc2c(F)cccc2C(=O)O)c1. The number of hydrogen-bond acceptors (Lipinski definition) is 4. The van der Waals surface area contributed by atoms with E-state index < -0.39 is 17.7 Å². The highest BCUT2D eigenvalue weighted by molar-refractivity contribution is 6.06. The standard InChI is InChI=1S/C13H13FN4O3/c14-9-3-1-2-8(13(20)21)11(9)17-12(19)10-6-18(5-4-15)7-16-10/h1-3,6-7H,4-5,15H2,(H,17,19)(H,20,21). The number of anilines is 1. The minimum absolute atomic E-state index is 0.0445. The molecule has 1 aromatic carbocycles. The number of carbonyl (C=O) groups is 2. The molecule has 0 spiro atoms. The second-order valence-corrected chi connectivity index (χ2v) is 4.21. The van der Waals surface area contributed by atoms with Crippen LogP contribution < -0.4 is 11.1 Å². The van der Waals surface area contributed by atoms with Crippen molar-refractivity contribution >= 4 is 17.6 Å². The predicted molar refractivity (Wildman–Crippen MR) is 72.6 cm³/mol. The number of nitrogens with zero attached hydrogens (tertiary/aromatic N) is 2. The fraction of sp³-hybridized carbons (Fsp3) is 0.154. The molecule has 0 aliphatic carbocycles. The number of nitrogens with one attached hydrogen (secondary N) is 1. The molecule has 21 heavy (non-hydrogen) atoms. The zero-order chi connectivity index (χ0) is 15.4. The number of halogens is 1. The summed E-state index contributed by atoms with van der Waals surface area (Å²) in [5, 5.41) is 11.2. The molecule has 0 bridgehead atoms. The van der Waals surface area contributed by atoms with Gasteiger partial charge in [-0.1, -0.05) is 6.07 Å². The van der Waals surface area contributed by atoms with Crippen molar-refractivity contribution in [3.05, 3.63) is 47.8 Å². The van der Waals surface area contributed by atoms with E-state index in [1.54, 1.807) is 4.57 Å². The summed E-state index contributed by atoms with van der Waals surface area (Å²) in [7, 11) is 0. The molecular formula is C13H13FN4O3. The lowest BCUT2D eigenvalue weighted by atomic mass is 10.1. The number of aromatic nitrogens is 2. The number of nitrogens with two attached hydrogens (primary N) is 1. The van der Waals surface area contributed by atoms with Gasteiger partial charge in [-0.15, -0.1) is 0 Å². The van der Waals surface area contributed by atoms with Crippen LogP contribution >= 0.6 is 0 Å². The highest BCUT2D eigenvalue weighted by Gasteiger charge is 2.18. The van der Waals surface area contributed by atoms with E-state index in [4.69, 9.17) is 10.8 Å². The van der Waals surface area contributed by atoms with Crippen LogP contribution in [-0.4, -0.2) is 33.1 Å². The molecule has 2 aromatic rings. The number of imidazole rings is 1. The largest absolute Gasteiger partial charge is 0.478 e. The fourth-order valence-electron chi connectivity index (χ4n) is 1.76. The van der Waals surface area contributed by atoms with Crippen LogP contribution in [-0.2, 0) is 6.54 Å². The van der Waals surface area contributed by atoms with Gasteiger partial charge in [0.15, 0.2) is 0 Å². The second-order valence-electron chi connectivity index (χ2n) is 4.21. The van der Waals surface area contributed by atoms with Crippen LogP contribution in [0, 0.1) is 5.82 Å². The summed E-state index contributed by atoms with van der Waals surface area (Å²) in [6.07, 6.45) is 2.87. The molecule has 0 atom stereocenters. The zero-order valence-corrected chi connectivity index (χ0v) is 10.9. The van der Waals surface area contributed by atoms with Gasteiger partial charge >= 0.3 is 5.97 Å². The average Bonchev–Trinajstić information content (AvgIpc) is 2.90. The summed E-state index contributed by atoms with van der Waals surface area (Å²) in [5.41, 5.74) is 4.71. The van der Waals surface area contributed by atoms with Crippen LogP contribution in [0.2, 0.25) is 0 Å². The summed E-state index contributed by atoms with van der Waals surface area (Å²) in [5.74, 6) is -2.86. The molecule has 0 saturated heterocycles. The zero-order valence-electron chi connectivity index (χ0n) is 10.9. The number of carboxylic acids is 1. The molecule has 2 rings (SSSR count). The van der Waals surface area contributed by atoms with Gasteiger partial charge in [0.25, 0.3) is 5.91 Å². The number of benzene rings is 1. The molecule has 0 saturated carbocycles. The van der Waals surface area contributed by atoms with E-state index in [1.807, 2.05) is 0 Å². The molecule has 0 radical (unpaired) electrons. The average molecular weight is 292 g/mol. The number of carboxylic acid groups (broad SMARTS) is 1. The predicted octanol–water partition coefficient (Wildman–Crippen LogP) is 0.931. The van der Waals surface area contributed by atoms with Gasteiger partial charge in [0.2, 0.25) is 0 Å². The van der Waals surface area contributed by atoms with Crippen LogP contribution in [0.5, 0.6) is 0 Å². The lowest BCUT2D eigenvalue weighted by Gasteiger charge is -2.08. The van der Waals surface area contributed by atoms with E-state index >= 15 is 0 Å². The van der Waals surface area contributed by atoms with Crippen LogP contribution in [0.15, 0.2) is 30.7 Å². The Morgan fingerprint density at radius 1 is 1.43 bits per heavy atom. The minimum atomic E-state index is -1.33. The molecule has 1 amide bonds. The third-order valence-corrected chi connectivity index (χ3v) is 2.74. The molecule has 1 aromatic heterocycles. The maximum atomic E-state index is 13.7. The lowest BCUT2D eigenvalue weighted by Crippen LogP contribution is -2.16. The molecule has 0 aliphatic rings. The van der Waals surface area contributed by atoms with Gasteiger partial charge in [-0.25, -0.2) is 14.2 Å². The van der Waals surface area contributed by atoms with Crippen molar-refractivity contribution in [3.63, 3.8) is 0 Å². The normalized spacial score (nSPS) is 10.4. The van der Waals surface area contributed by atoms with Gasteiger partial charge in [-0.05, 0) is 12.1 Å². The van der Waals surface area contributed by atoms with Crippen LogP contribution in [0.25, 0.3) is 0 Å². The summed E-state index contributed by atoms with van der Waals surface area (Å²) < 4.78 is 15.3. The molecule has 110 valence electrons. The first-order valence-electron chi connectivity index (χ1n) is 6.08. The van der Waals surface area contributed by atoms with Crippen molar-refractivity contribution in [1.29, 1.82) is 0 Å². The Bertz CT molecular complexity index is 684. The van der Waals surface area contributed by atoms with E-state index in [9.17, 15) is 14.0 Å². The minimum Gasteiger partial charge on any atom is -0.478 e. The van der Waals surface area contributed by atoms with Crippen molar-refractivity contribution in [2.45, 2.75) is 6.54 Å². The van der Waals surface area contributed by atoms with Crippen molar-refractivity contribution in [2.75, 3.05) is 11.9 Å². The van der Waals surface area contributed by atoms with Gasteiger partial charge in [0, 0.05) is 19.3 Å². The number of carbonyl (C=O) groups excluding carboxylic acids is 1. The maximum Gasteiger partial charge on any atom is 0.337 e. The molecule has 0 unspecified atom stereocenters. The fourth-order valence-corrected chi connectivity index (χ4v) is 1.76. The first-order valence-corrected chi connectivity index (χ1v) is 6.08. The molecule has 7 nitrogen and oxygen atoms in total. The molecule has 0 aliphatic heterocycles. The summed E-state index contributed by atoms with van der Waals surface area (Å²) in [4.78, 5) is 26.9. The summed E-state index contributed by atoms with van der Waals surface area (Å²) >= 11 is 0. The van der Waals surface area contributed by atoms with E-state index in [-0.39, 0.29) is 16.9 Å². The van der Waals surface area contributed by atoms with Gasteiger partial charge in [0.05, 0.1) is 17.6 Å². The quantitative estimate of drug-likeness (QED) is 0.759. The van der Waals surface area contributed by atoms with Gasteiger partial charge in [0.1, 0.15) is 11.5 Å². The Morgan fingerprint density at radius 3 is 2.86 bits per heavy atom. The number of para-hydroxylation sites is 1. The summed E-state index contributed by atoms with van der Waals surface area (Å²) in [6.45, 7) is 0.869. The van der Waals surface area contributed by atoms with Crippen LogP contribution in [0.1, 0.15) is 20.8 Å². The van der Waals surface area contributed by atoms with Crippen LogP contribution in [0.4, 0.5) is 10.1 Å². The first kappa shape index (κ1) is 14.7. The molecule has 1 heterocycles. The van der Waals surface area contributed by atoms with Gasteiger partial charge in [-0.3, -0.25) is 4.79 Å². The Balaban J connectivity index is 2.25. The second kappa shape index (κ2) is 6.14. The Hall–Kier alpha value is -2.74. The van der Waals surface area contributed by atoms with Crippen molar-refractivity contribution < 1.29 is 19.1 Å². The highest BCUT2D eigenvalue weighted by atomic mass is 19.1. The molecule has 4 N–H and O–H groups in total. The van der Waals surface area contributed by atoms with Gasteiger partial charge in [-0.2, -0.15) is 0 Å². The monoisotopic (exact) mass is 292 g/mol. The smallest absolute Gasteiger partial charge is 0.337 e. The molecular weight excluding hydrogens is 279 g/mol. The van der Waals surface area contributed by atoms with Crippen molar-refractivity contribution in [1.82, 2.24) is 9.55 Å². The maximum absolute atomic E-state index is 13.7. The van der Waals surface area contributed by atoms with Crippen LogP contribution in [0.3, 0.4) is 0 Å². The first-order chi connectivity index (χ1) is 10.0. The number of hydrogen-bond donors (Lipinski definition) is 3. The van der Waals surface area contributed by atoms with Crippen molar-refractivity contribution in [3.8, 4) is 0 Å². The van der Waals surface area contributed by atoms with E-state index in [1.165, 1.54) is 24.7 Å². The molecule has 0 fully saturated rings. The van der Waals surface area contributed by atoms with E-state index in [2.05, 4.69) is 10.3 Å². The third-order valence-electron chi connectivity index (χ3n) is 2.74. The van der Waals surface area contributed by atoms with Gasteiger partial charge < -0.3 is 20.7 Å². The Kier molecular flexibility index (Phi) is 4.29. The lowest BCUT2D eigenvalue weighted by molar-refractivity contribution is 0.0697. The Labute approximate surface area is 119 Å².